The lowest BCUT2D eigenvalue weighted by atomic mass is 9.99. The zero-order valence-corrected chi connectivity index (χ0v) is 15.1. The van der Waals surface area contributed by atoms with Gasteiger partial charge < -0.3 is 14.6 Å². The molecule has 0 aliphatic carbocycles. The Morgan fingerprint density at radius 1 is 1.32 bits per heavy atom. The molecule has 1 unspecified atom stereocenters. The largest absolute Gasteiger partial charge is 0.467 e. The summed E-state index contributed by atoms with van der Waals surface area (Å²) in [6, 6.07) is 7.04. The van der Waals surface area contributed by atoms with Gasteiger partial charge in [0.1, 0.15) is 5.54 Å². The quantitative estimate of drug-likeness (QED) is 0.758. The predicted octanol–water partition coefficient (Wildman–Crippen LogP) is 2.78. The van der Waals surface area contributed by atoms with E-state index in [-0.39, 0.29) is 18.7 Å². The van der Waals surface area contributed by atoms with E-state index >= 15 is 0 Å². The molecule has 0 fully saturated rings. The SMILES string of the molecule is CCC(C)(NC(=O)CCc1nc(-c2ccc(Cl)cc2)no1)C(=O)OC. The van der Waals surface area contributed by atoms with Crippen LogP contribution >= 0.6 is 11.6 Å². The van der Waals surface area contributed by atoms with Gasteiger partial charge in [0.05, 0.1) is 7.11 Å². The number of hydrogen-bond acceptors (Lipinski definition) is 6. The highest BCUT2D eigenvalue weighted by molar-refractivity contribution is 6.30. The number of esters is 1. The number of amides is 1. The van der Waals surface area contributed by atoms with Crippen LogP contribution in [-0.2, 0) is 20.7 Å². The monoisotopic (exact) mass is 365 g/mol. The third-order valence-electron chi connectivity index (χ3n) is 3.89. The highest BCUT2D eigenvalue weighted by atomic mass is 35.5. The molecule has 1 aromatic carbocycles. The van der Waals surface area contributed by atoms with Gasteiger partial charge in [0.15, 0.2) is 0 Å². The molecule has 0 aliphatic heterocycles. The Morgan fingerprint density at radius 2 is 2.00 bits per heavy atom. The van der Waals surface area contributed by atoms with Gasteiger partial charge in [-0.3, -0.25) is 4.79 Å². The molecule has 0 saturated heterocycles. The molecule has 1 N–H and O–H groups in total. The fraction of sp³-hybridized carbons (Fsp3) is 0.412. The zero-order chi connectivity index (χ0) is 18.4. The van der Waals surface area contributed by atoms with Crippen molar-refractivity contribution in [2.24, 2.45) is 0 Å². The summed E-state index contributed by atoms with van der Waals surface area (Å²) in [5, 5.41) is 7.20. The lowest BCUT2D eigenvalue weighted by molar-refractivity contribution is -0.150. The molecule has 25 heavy (non-hydrogen) atoms. The molecule has 1 amide bonds. The number of nitrogens with one attached hydrogen (secondary N) is 1. The second-order valence-electron chi connectivity index (χ2n) is 5.74. The molecule has 134 valence electrons. The average Bonchev–Trinajstić information content (AvgIpc) is 3.08. The number of aromatic nitrogens is 2. The molecular weight excluding hydrogens is 346 g/mol. The third kappa shape index (κ3) is 4.79. The maximum atomic E-state index is 12.1. The summed E-state index contributed by atoms with van der Waals surface area (Å²) >= 11 is 5.84. The number of halogens is 1. The Hall–Kier alpha value is -2.41. The highest BCUT2D eigenvalue weighted by Gasteiger charge is 2.33. The van der Waals surface area contributed by atoms with Crippen LogP contribution in [0.4, 0.5) is 0 Å². The van der Waals surface area contributed by atoms with E-state index in [2.05, 4.69) is 15.5 Å². The Morgan fingerprint density at radius 3 is 2.60 bits per heavy atom. The van der Waals surface area contributed by atoms with E-state index in [1.807, 2.05) is 0 Å². The lowest BCUT2D eigenvalue weighted by Gasteiger charge is -2.26. The molecule has 1 aromatic heterocycles. The van der Waals surface area contributed by atoms with Gasteiger partial charge in [0.2, 0.25) is 17.6 Å². The molecule has 2 rings (SSSR count). The van der Waals surface area contributed by atoms with E-state index < -0.39 is 11.5 Å². The van der Waals surface area contributed by atoms with Gasteiger partial charge in [0.25, 0.3) is 0 Å². The van der Waals surface area contributed by atoms with Crippen molar-refractivity contribution in [3.63, 3.8) is 0 Å². The van der Waals surface area contributed by atoms with E-state index in [1.165, 1.54) is 7.11 Å². The average molecular weight is 366 g/mol. The summed E-state index contributed by atoms with van der Waals surface area (Å²) in [5.74, 6) is 0.00330. The van der Waals surface area contributed by atoms with Crippen LogP contribution in [0, 0.1) is 0 Å². The van der Waals surface area contributed by atoms with Crippen LogP contribution < -0.4 is 5.32 Å². The van der Waals surface area contributed by atoms with Crippen molar-refractivity contribution in [2.75, 3.05) is 7.11 Å². The Labute approximate surface area is 150 Å². The Bertz CT molecular complexity index is 745. The van der Waals surface area contributed by atoms with Gasteiger partial charge in [-0.25, -0.2) is 4.79 Å². The van der Waals surface area contributed by atoms with Crippen LogP contribution in [0.15, 0.2) is 28.8 Å². The fourth-order valence-electron chi connectivity index (χ4n) is 2.17. The van der Waals surface area contributed by atoms with Crippen molar-refractivity contribution < 1.29 is 18.8 Å². The van der Waals surface area contributed by atoms with Crippen molar-refractivity contribution in [2.45, 2.75) is 38.6 Å². The molecule has 0 radical (unpaired) electrons. The van der Waals surface area contributed by atoms with Crippen LogP contribution in [0.3, 0.4) is 0 Å². The van der Waals surface area contributed by atoms with Crippen LogP contribution in [0.2, 0.25) is 5.02 Å². The van der Waals surface area contributed by atoms with Gasteiger partial charge in [-0.05, 0) is 37.6 Å². The Kier molecular flexibility index (Phi) is 6.14. The van der Waals surface area contributed by atoms with E-state index in [1.54, 1.807) is 38.1 Å². The molecule has 0 saturated carbocycles. The topological polar surface area (TPSA) is 94.3 Å². The molecule has 2 aromatic rings. The van der Waals surface area contributed by atoms with E-state index in [9.17, 15) is 9.59 Å². The van der Waals surface area contributed by atoms with Crippen LogP contribution in [-0.4, -0.2) is 34.7 Å². The smallest absolute Gasteiger partial charge is 0.331 e. The summed E-state index contributed by atoms with van der Waals surface area (Å²) in [7, 11) is 1.29. The first-order valence-corrected chi connectivity index (χ1v) is 8.23. The summed E-state index contributed by atoms with van der Waals surface area (Å²) < 4.78 is 9.89. The second-order valence-corrected chi connectivity index (χ2v) is 6.18. The fourth-order valence-corrected chi connectivity index (χ4v) is 2.30. The van der Waals surface area contributed by atoms with Crippen LogP contribution in [0.25, 0.3) is 11.4 Å². The van der Waals surface area contributed by atoms with Gasteiger partial charge in [0, 0.05) is 23.4 Å². The maximum Gasteiger partial charge on any atom is 0.331 e. The number of benzene rings is 1. The van der Waals surface area contributed by atoms with Crippen LogP contribution in [0.1, 0.15) is 32.6 Å². The third-order valence-corrected chi connectivity index (χ3v) is 4.15. The first kappa shape index (κ1) is 18.9. The number of rotatable bonds is 7. The van der Waals surface area contributed by atoms with Gasteiger partial charge in [-0.2, -0.15) is 4.98 Å². The minimum atomic E-state index is -1.05. The normalized spacial score (nSPS) is 13.1. The number of ether oxygens (including phenoxy) is 1. The first-order valence-electron chi connectivity index (χ1n) is 7.86. The number of hydrogen-bond donors (Lipinski definition) is 1. The first-order chi connectivity index (χ1) is 11.9. The standard InChI is InChI=1S/C17H20ClN3O4/c1-4-17(2,16(23)24-3)20-13(22)9-10-14-19-15(21-25-14)11-5-7-12(18)8-6-11/h5-8H,4,9-10H2,1-3H3,(H,20,22). The summed E-state index contributed by atoms with van der Waals surface area (Å²) in [6.45, 7) is 3.43. The van der Waals surface area contributed by atoms with Crippen molar-refractivity contribution in [3.05, 3.63) is 35.2 Å². The van der Waals surface area contributed by atoms with E-state index in [4.69, 9.17) is 20.9 Å². The molecule has 0 bridgehead atoms. The molecule has 8 heteroatoms. The molecular formula is C17H20ClN3O4. The molecule has 0 aliphatic rings. The van der Waals surface area contributed by atoms with Gasteiger partial charge in [-0.15, -0.1) is 0 Å². The maximum absolute atomic E-state index is 12.1. The molecule has 1 atom stereocenters. The van der Waals surface area contributed by atoms with Crippen molar-refractivity contribution in [1.29, 1.82) is 0 Å². The lowest BCUT2D eigenvalue weighted by Crippen LogP contribution is -2.52. The number of methoxy groups -OCH3 is 1. The second kappa shape index (κ2) is 8.11. The predicted molar refractivity (Wildman–Crippen MR) is 91.9 cm³/mol. The molecule has 1 heterocycles. The Balaban J connectivity index is 1.94. The van der Waals surface area contributed by atoms with Crippen molar-refractivity contribution >= 4 is 23.5 Å². The van der Waals surface area contributed by atoms with Gasteiger partial charge >= 0.3 is 5.97 Å². The summed E-state index contributed by atoms with van der Waals surface area (Å²) in [6.07, 6.45) is 0.814. The highest BCUT2D eigenvalue weighted by Crippen LogP contribution is 2.19. The summed E-state index contributed by atoms with van der Waals surface area (Å²) in [4.78, 5) is 28.1. The van der Waals surface area contributed by atoms with E-state index in [0.29, 0.717) is 23.2 Å². The number of aryl methyl sites for hydroxylation is 1. The number of carbonyl (C=O) groups is 2. The van der Waals surface area contributed by atoms with Crippen molar-refractivity contribution in [3.8, 4) is 11.4 Å². The molecule has 7 nitrogen and oxygen atoms in total. The van der Waals surface area contributed by atoms with Crippen LogP contribution in [0.5, 0.6) is 0 Å². The van der Waals surface area contributed by atoms with E-state index in [0.717, 1.165) is 5.56 Å². The zero-order valence-electron chi connectivity index (χ0n) is 14.3. The minimum Gasteiger partial charge on any atom is -0.467 e. The molecule has 0 spiro atoms. The summed E-state index contributed by atoms with van der Waals surface area (Å²) in [5.41, 5.74) is -0.275. The number of carbonyl (C=O) groups excluding carboxylic acids is 2. The van der Waals surface area contributed by atoms with Gasteiger partial charge in [-0.1, -0.05) is 23.7 Å². The number of nitrogens with zero attached hydrogens (tertiary/aromatic N) is 2. The minimum absolute atomic E-state index is 0.120. The van der Waals surface area contributed by atoms with Crippen molar-refractivity contribution in [1.82, 2.24) is 15.5 Å².